The van der Waals surface area contributed by atoms with E-state index < -0.39 is 0 Å². The Labute approximate surface area is 91.1 Å². The summed E-state index contributed by atoms with van der Waals surface area (Å²) >= 11 is 0. The van der Waals surface area contributed by atoms with E-state index in [1.54, 1.807) is 0 Å². The lowest BCUT2D eigenvalue weighted by atomic mass is 10.2. The first-order valence-corrected chi connectivity index (χ1v) is 5.70. The number of hydrogen-bond donors (Lipinski definition) is 1. The van der Waals surface area contributed by atoms with Gasteiger partial charge in [-0.15, -0.1) is 0 Å². The number of nitrogens with zero attached hydrogens (tertiary/aromatic N) is 3. The van der Waals surface area contributed by atoms with Crippen LogP contribution in [-0.2, 0) is 0 Å². The Bertz CT molecular complexity index is 316. The largest absolute Gasteiger partial charge is 0.330 e. The topological polar surface area (TPSA) is 47.1 Å². The molecule has 1 atom stereocenters. The van der Waals surface area contributed by atoms with Crippen LogP contribution in [0.2, 0.25) is 0 Å². The molecule has 15 heavy (non-hydrogen) atoms. The van der Waals surface area contributed by atoms with Gasteiger partial charge in [0, 0.05) is 18.8 Å². The summed E-state index contributed by atoms with van der Waals surface area (Å²) in [5, 5.41) is 0. The molecular formula is C11H20N4. The van der Waals surface area contributed by atoms with E-state index in [1.165, 1.54) is 18.5 Å². The molecule has 84 valence electrons. The molecule has 1 saturated carbocycles. The highest BCUT2D eigenvalue weighted by molar-refractivity contribution is 5.09. The SMILES string of the molecule is CCN(C)C(CN)c1cncn1C1CC1. The maximum Gasteiger partial charge on any atom is 0.0951 e. The predicted molar refractivity (Wildman–Crippen MR) is 60.6 cm³/mol. The average molecular weight is 208 g/mol. The van der Waals surface area contributed by atoms with Crippen LogP contribution in [0.1, 0.15) is 37.5 Å². The smallest absolute Gasteiger partial charge is 0.0951 e. The summed E-state index contributed by atoms with van der Waals surface area (Å²) in [4.78, 5) is 6.52. The fourth-order valence-corrected chi connectivity index (χ4v) is 1.98. The summed E-state index contributed by atoms with van der Waals surface area (Å²) in [5.41, 5.74) is 7.12. The summed E-state index contributed by atoms with van der Waals surface area (Å²) in [5.74, 6) is 0. The fourth-order valence-electron chi connectivity index (χ4n) is 1.98. The number of nitrogens with two attached hydrogens (primary N) is 1. The summed E-state index contributed by atoms with van der Waals surface area (Å²) in [6, 6.07) is 0.986. The van der Waals surface area contributed by atoms with Crippen molar-refractivity contribution >= 4 is 0 Å². The van der Waals surface area contributed by atoms with Crippen molar-refractivity contribution in [3.63, 3.8) is 0 Å². The van der Waals surface area contributed by atoms with Crippen LogP contribution in [-0.4, -0.2) is 34.6 Å². The van der Waals surface area contributed by atoms with Crippen molar-refractivity contribution in [2.75, 3.05) is 20.1 Å². The molecule has 0 saturated heterocycles. The Morgan fingerprint density at radius 2 is 2.40 bits per heavy atom. The Hall–Kier alpha value is -0.870. The van der Waals surface area contributed by atoms with E-state index >= 15 is 0 Å². The van der Waals surface area contributed by atoms with Gasteiger partial charge in [0.25, 0.3) is 0 Å². The molecule has 0 aromatic carbocycles. The molecule has 4 nitrogen and oxygen atoms in total. The van der Waals surface area contributed by atoms with Crippen LogP contribution in [0.4, 0.5) is 0 Å². The van der Waals surface area contributed by atoms with Gasteiger partial charge in [0.15, 0.2) is 0 Å². The fraction of sp³-hybridized carbons (Fsp3) is 0.727. The van der Waals surface area contributed by atoms with Crippen LogP contribution in [0.5, 0.6) is 0 Å². The maximum absolute atomic E-state index is 5.85. The first-order valence-electron chi connectivity index (χ1n) is 5.70. The van der Waals surface area contributed by atoms with E-state index in [0.717, 1.165) is 6.54 Å². The number of rotatable bonds is 5. The first-order chi connectivity index (χ1) is 7.27. The Balaban J connectivity index is 2.21. The van der Waals surface area contributed by atoms with Crippen molar-refractivity contribution in [3.05, 3.63) is 18.2 Å². The minimum atomic E-state index is 0.304. The van der Waals surface area contributed by atoms with Gasteiger partial charge in [0.2, 0.25) is 0 Å². The molecule has 1 aliphatic carbocycles. The number of likely N-dealkylation sites (N-methyl/N-ethyl adjacent to an activating group) is 1. The Morgan fingerprint density at radius 3 is 2.93 bits per heavy atom. The zero-order valence-electron chi connectivity index (χ0n) is 9.56. The Kier molecular flexibility index (Phi) is 3.07. The summed E-state index contributed by atoms with van der Waals surface area (Å²) < 4.78 is 2.30. The molecule has 0 radical (unpaired) electrons. The second-order valence-electron chi connectivity index (χ2n) is 4.28. The minimum absolute atomic E-state index is 0.304. The van der Waals surface area contributed by atoms with Crippen LogP contribution in [0.3, 0.4) is 0 Å². The maximum atomic E-state index is 5.85. The lowest BCUT2D eigenvalue weighted by Crippen LogP contribution is -2.31. The summed E-state index contributed by atoms with van der Waals surface area (Å²) in [7, 11) is 2.11. The molecule has 0 amide bonds. The van der Waals surface area contributed by atoms with Gasteiger partial charge in [-0.1, -0.05) is 6.92 Å². The van der Waals surface area contributed by atoms with Crippen molar-refractivity contribution < 1.29 is 0 Å². The molecule has 1 aromatic heterocycles. The van der Waals surface area contributed by atoms with Crippen molar-refractivity contribution in [1.82, 2.24) is 14.5 Å². The third kappa shape index (κ3) is 2.06. The molecule has 1 fully saturated rings. The highest BCUT2D eigenvalue weighted by atomic mass is 15.2. The number of hydrogen-bond acceptors (Lipinski definition) is 3. The molecule has 0 bridgehead atoms. The molecule has 1 unspecified atom stereocenters. The average Bonchev–Trinajstić information content (AvgIpc) is 2.99. The van der Waals surface area contributed by atoms with Gasteiger partial charge in [-0.05, 0) is 26.4 Å². The predicted octanol–water partition coefficient (Wildman–Crippen LogP) is 1.17. The van der Waals surface area contributed by atoms with E-state index in [4.69, 9.17) is 5.73 Å². The van der Waals surface area contributed by atoms with Gasteiger partial charge in [0.1, 0.15) is 0 Å². The zero-order chi connectivity index (χ0) is 10.8. The highest BCUT2D eigenvalue weighted by Gasteiger charge is 2.28. The van der Waals surface area contributed by atoms with Gasteiger partial charge in [-0.3, -0.25) is 4.90 Å². The second-order valence-corrected chi connectivity index (χ2v) is 4.28. The van der Waals surface area contributed by atoms with E-state index in [-0.39, 0.29) is 0 Å². The second kappa shape index (κ2) is 4.33. The zero-order valence-corrected chi connectivity index (χ0v) is 9.56. The van der Waals surface area contributed by atoms with Crippen LogP contribution < -0.4 is 5.73 Å². The highest BCUT2D eigenvalue weighted by Crippen LogP contribution is 2.37. The lowest BCUT2D eigenvalue weighted by molar-refractivity contribution is 0.253. The molecule has 1 aliphatic rings. The van der Waals surface area contributed by atoms with Gasteiger partial charge >= 0.3 is 0 Å². The van der Waals surface area contributed by atoms with Crippen LogP contribution in [0.15, 0.2) is 12.5 Å². The number of imidazole rings is 1. The standard InChI is InChI=1S/C11H20N4/c1-3-14(2)10(6-12)11-7-13-8-15(11)9-4-5-9/h7-10H,3-6,12H2,1-2H3. The molecule has 2 rings (SSSR count). The van der Waals surface area contributed by atoms with Gasteiger partial charge in [-0.25, -0.2) is 4.98 Å². The molecular weight excluding hydrogens is 188 g/mol. The third-order valence-electron chi connectivity index (χ3n) is 3.23. The Morgan fingerprint density at radius 1 is 1.67 bits per heavy atom. The molecule has 1 aromatic rings. The molecule has 2 N–H and O–H groups in total. The van der Waals surface area contributed by atoms with Crippen LogP contribution in [0.25, 0.3) is 0 Å². The van der Waals surface area contributed by atoms with Crippen LogP contribution >= 0.6 is 0 Å². The van der Waals surface area contributed by atoms with E-state index in [2.05, 4.69) is 28.4 Å². The van der Waals surface area contributed by atoms with E-state index in [1.807, 2.05) is 12.5 Å². The summed E-state index contributed by atoms with van der Waals surface area (Å²) in [6.45, 7) is 3.82. The molecule has 4 heteroatoms. The van der Waals surface area contributed by atoms with Crippen molar-refractivity contribution in [1.29, 1.82) is 0 Å². The van der Waals surface area contributed by atoms with Crippen molar-refractivity contribution in [3.8, 4) is 0 Å². The number of aromatic nitrogens is 2. The van der Waals surface area contributed by atoms with Gasteiger partial charge in [-0.2, -0.15) is 0 Å². The quantitative estimate of drug-likeness (QED) is 0.790. The molecule has 0 aliphatic heterocycles. The third-order valence-corrected chi connectivity index (χ3v) is 3.23. The van der Waals surface area contributed by atoms with E-state index in [0.29, 0.717) is 18.6 Å². The van der Waals surface area contributed by atoms with Crippen LogP contribution in [0, 0.1) is 0 Å². The normalized spacial score (nSPS) is 18.4. The molecule has 0 spiro atoms. The van der Waals surface area contributed by atoms with Gasteiger partial charge in [0.05, 0.1) is 18.1 Å². The monoisotopic (exact) mass is 208 g/mol. The van der Waals surface area contributed by atoms with Gasteiger partial charge < -0.3 is 10.3 Å². The lowest BCUT2D eigenvalue weighted by Gasteiger charge is -2.26. The van der Waals surface area contributed by atoms with Crippen molar-refractivity contribution in [2.24, 2.45) is 5.73 Å². The first kappa shape index (κ1) is 10.6. The van der Waals surface area contributed by atoms with E-state index in [9.17, 15) is 0 Å². The molecule has 1 heterocycles. The summed E-state index contributed by atoms with van der Waals surface area (Å²) in [6.07, 6.45) is 6.48. The minimum Gasteiger partial charge on any atom is -0.330 e. The van der Waals surface area contributed by atoms with Crippen molar-refractivity contribution in [2.45, 2.75) is 31.8 Å².